The van der Waals surface area contributed by atoms with E-state index >= 15 is 0 Å². The van der Waals surface area contributed by atoms with E-state index in [1.807, 2.05) is 52.0 Å². The minimum Gasteiger partial charge on any atom is -0.391 e. The average molecular weight is 512 g/mol. The van der Waals surface area contributed by atoms with Crippen molar-refractivity contribution in [2.45, 2.75) is 71.7 Å². The lowest BCUT2D eigenvalue weighted by molar-refractivity contribution is -0.139. The van der Waals surface area contributed by atoms with E-state index in [4.69, 9.17) is 0 Å². The lowest BCUT2D eigenvalue weighted by Gasteiger charge is -2.36. The summed E-state index contributed by atoms with van der Waals surface area (Å²) in [6.45, 7) is 10.8. The molecule has 9 nitrogen and oxygen atoms in total. The molecule has 0 spiro atoms. The maximum absolute atomic E-state index is 13.6. The summed E-state index contributed by atoms with van der Waals surface area (Å²) in [5, 5.41) is 16.5. The summed E-state index contributed by atoms with van der Waals surface area (Å²) >= 11 is 1.56. The Balaban J connectivity index is 1.58. The van der Waals surface area contributed by atoms with Crippen LogP contribution in [0, 0.1) is 12.3 Å². The number of amidine groups is 1. The molecule has 3 N–H and O–H groups in total. The second-order valence-corrected chi connectivity index (χ2v) is 11.6. The van der Waals surface area contributed by atoms with Crippen LogP contribution in [-0.4, -0.2) is 63.3 Å². The number of rotatable bonds is 5. The Bertz CT molecular complexity index is 1220. The molecule has 36 heavy (non-hydrogen) atoms. The number of aryl methyl sites for hydroxylation is 1. The lowest BCUT2D eigenvalue weighted by atomic mass is 9.85. The van der Waals surface area contributed by atoms with Crippen molar-refractivity contribution < 1.29 is 19.5 Å². The fraction of sp³-hybridized carbons (Fsp3) is 0.500. The van der Waals surface area contributed by atoms with Gasteiger partial charge in [0.05, 0.1) is 28.2 Å². The third kappa shape index (κ3) is 4.79. The molecule has 3 heterocycles. The van der Waals surface area contributed by atoms with Crippen molar-refractivity contribution in [3.63, 3.8) is 0 Å². The van der Waals surface area contributed by atoms with E-state index in [9.17, 15) is 19.5 Å². The van der Waals surface area contributed by atoms with Gasteiger partial charge in [-0.25, -0.2) is 4.98 Å². The second-order valence-electron chi connectivity index (χ2n) is 10.8. The number of aliphatic hydroxyl groups is 1. The summed E-state index contributed by atoms with van der Waals surface area (Å²) in [6, 6.07) is 6.34. The number of β-amino-alcohol motifs (C(OH)–C–C–N with tert-alkyl or cyclic N) is 1. The Morgan fingerprint density at radius 3 is 2.50 bits per heavy atom. The molecule has 1 aromatic heterocycles. The van der Waals surface area contributed by atoms with Crippen molar-refractivity contribution in [2.75, 3.05) is 6.54 Å². The zero-order valence-electron chi connectivity index (χ0n) is 21.5. The van der Waals surface area contributed by atoms with Crippen molar-refractivity contribution in [3.8, 4) is 10.4 Å². The van der Waals surface area contributed by atoms with Gasteiger partial charge in [-0.15, -0.1) is 11.3 Å². The average Bonchev–Trinajstić information content (AvgIpc) is 3.48. The summed E-state index contributed by atoms with van der Waals surface area (Å²) in [5.41, 5.74) is 2.89. The summed E-state index contributed by atoms with van der Waals surface area (Å²) in [6.07, 6.45) is -0.508. The summed E-state index contributed by atoms with van der Waals surface area (Å²) in [4.78, 5) is 49.7. The Kier molecular flexibility index (Phi) is 6.78. The lowest BCUT2D eigenvalue weighted by Crippen LogP contribution is -2.58. The molecule has 0 saturated carbocycles. The van der Waals surface area contributed by atoms with Gasteiger partial charge in [-0.3, -0.25) is 14.4 Å². The van der Waals surface area contributed by atoms with Gasteiger partial charge < -0.3 is 20.6 Å². The van der Waals surface area contributed by atoms with E-state index in [0.717, 1.165) is 21.7 Å². The molecule has 0 aliphatic carbocycles. The van der Waals surface area contributed by atoms with Gasteiger partial charge in [0.1, 0.15) is 17.4 Å². The molecule has 0 radical (unpaired) electrons. The zero-order valence-corrected chi connectivity index (χ0v) is 22.3. The molecule has 10 heteroatoms. The van der Waals surface area contributed by atoms with Crippen molar-refractivity contribution >= 4 is 34.9 Å². The highest BCUT2D eigenvalue weighted by atomic mass is 32.1. The number of benzene rings is 1. The highest BCUT2D eigenvalue weighted by Gasteiger charge is 2.49. The first kappa shape index (κ1) is 26.0. The Hall–Kier alpha value is -3.11. The van der Waals surface area contributed by atoms with Crippen LogP contribution in [0.2, 0.25) is 0 Å². The molecular weight excluding hydrogens is 478 g/mol. The summed E-state index contributed by atoms with van der Waals surface area (Å²) in [7, 11) is 0. The summed E-state index contributed by atoms with van der Waals surface area (Å²) in [5.74, 6) is -0.628. The van der Waals surface area contributed by atoms with E-state index in [2.05, 4.69) is 20.6 Å². The Labute approximate surface area is 215 Å². The van der Waals surface area contributed by atoms with Crippen LogP contribution in [0.25, 0.3) is 10.4 Å². The Morgan fingerprint density at radius 2 is 1.94 bits per heavy atom. The van der Waals surface area contributed by atoms with E-state index in [1.54, 1.807) is 23.8 Å². The second kappa shape index (κ2) is 9.40. The molecule has 1 saturated heterocycles. The largest absolute Gasteiger partial charge is 0.391 e. The van der Waals surface area contributed by atoms with E-state index in [0.29, 0.717) is 5.84 Å². The maximum Gasteiger partial charge on any atom is 0.277 e. The number of aliphatic imine (C=N–C) groups is 1. The highest BCUT2D eigenvalue weighted by molar-refractivity contribution is 7.13. The van der Waals surface area contributed by atoms with Gasteiger partial charge >= 0.3 is 0 Å². The van der Waals surface area contributed by atoms with Crippen LogP contribution in [0.15, 0.2) is 34.8 Å². The standard InChI is InChI=1S/C26H33N5O4S/c1-14-20(36-13-27-14)16-7-9-17(10-8-16)26(6)24(35)29-22(30-26)19-11-18(33)12-31(19)23(34)21(25(3,4)5)28-15(2)32/h7-10,13,18-19,21,33H,11-12H2,1-6H3,(H,28,32)(H,29,30,35)/t18-,19-,21?,26?/m1/s1. The smallest absolute Gasteiger partial charge is 0.277 e. The number of nitrogens with zero attached hydrogens (tertiary/aromatic N) is 3. The normalized spacial score (nSPS) is 24.9. The molecule has 4 atom stereocenters. The van der Waals surface area contributed by atoms with Gasteiger partial charge in [-0.2, -0.15) is 4.99 Å². The van der Waals surface area contributed by atoms with E-state index < -0.39 is 29.1 Å². The fourth-order valence-electron chi connectivity index (χ4n) is 4.78. The molecule has 3 amide bonds. The molecule has 1 fully saturated rings. The number of aromatic nitrogens is 1. The minimum absolute atomic E-state index is 0.101. The monoisotopic (exact) mass is 511 g/mol. The molecular formula is C26H33N5O4S. The SMILES string of the molecule is CC(=O)NC(C(=O)N1C[C@H](O)C[C@@H]1C1=NC(=O)C(C)(c2ccc(-c3scnc3C)cc2)N1)C(C)(C)C. The molecule has 2 aliphatic heterocycles. The van der Waals surface area contributed by atoms with E-state index in [-0.39, 0.29) is 30.7 Å². The van der Waals surface area contributed by atoms with Crippen molar-refractivity contribution in [1.82, 2.24) is 20.5 Å². The molecule has 4 rings (SSSR count). The molecule has 192 valence electrons. The predicted octanol–water partition coefficient (Wildman–Crippen LogP) is 2.37. The van der Waals surface area contributed by atoms with Crippen LogP contribution in [0.3, 0.4) is 0 Å². The van der Waals surface area contributed by atoms with Crippen LogP contribution in [0.5, 0.6) is 0 Å². The quantitative estimate of drug-likeness (QED) is 0.566. The number of amides is 3. The number of aliphatic hydroxyl groups excluding tert-OH is 1. The van der Waals surface area contributed by atoms with Crippen molar-refractivity contribution in [3.05, 3.63) is 41.0 Å². The van der Waals surface area contributed by atoms with Gasteiger partial charge in [-0.05, 0) is 30.4 Å². The minimum atomic E-state index is -1.10. The topological polar surface area (TPSA) is 124 Å². The number of hydrogen-bond donors (Lipinski definition) is 3. The Morgan fingerprint density at radius 1 is 1.28 bits per heavy atom. The van der Waals surface area contributed by atoms with Crippen molar-refractivity contribution in [1.29, 1.82) is 0 Å². The van der Waals surface area contributed by atoms with Crippen LogP contribution in [0.1, 0.15) is 52.3 Å². The number of hydrogen-bond acceptors (Lipinski definition) is 7. The maximum atomic E-state index is 13.6. The number of likely N-dealkylation sites (tertiary alicyclic amines) is 1. The van der Waals surface area contributed by atoms with Gasteiger partial charge in [0.2, 0.25) is 11.8 Å². The zero-order chi connectivity index (χ0) is 26.4. The molecule has 2 aromatic rings. The van der Waals surface area contributed by atoms with Crippen LogP contribution in [-0.2, 0) is 19.9 Å². The van der Waals surface area contributed by atoms with Gasteiger partial charge in [0.25, 0.3) is 5.91 Å². The van der Waals surface area contributed by atoms with Crippen molar-refractivity contribution in [2.24, 2.45) is 10.4 Å². The molecule has 2 unspecified atom stereocenters. The highest BCUT2D eigenvalue weighted by Crippen LogP contribution is 2.34. The number of thiazole rings is 1. The van der Waals surface area contributed by atoms with E-state index in [1.165, 1.54) is 11.8 Å². The third-order valence-corrected chi connectivity index (χ3v) is 7.81. The summed E-state index contributed by atoms with van der Waals surface area (Å²) < 4.78 is 0. The molecule has 1 aromatic carbocycles. The van der Waals surface area contributed by atoms with Gasteiger partial charge in [0.15, 0.2) is 0 Å². The van der Waals surface area contributed by atoms with Crippen LogP contribution in [0.4, 0.5) is 0 Å². The van der Waals surface area contributed by atoms with Gasteiger partial charge in [0, 0.05) is 19.9 Å². The number of nitrogens with one attached hydrogen (secondary N) is 2. The first-order chi connectivity index (χ1) is 16.8. The van der Waals surface area contributed by atoms with Crippen LogP contribution >= 0.6 is 11.3 Å². The third-order valence-electron chi connectivity index (χ3n) is 6.84. The first-order valence-electron chi connectivity index (χ1n) is 12.0. The fourth-order valence-corrected chi connectivity index (χ4v) is 5.59. The van der Waals surface area contributed by atoms with Crippen LogP contribution < -0.4 is 10.6 Å². The number of carbonyl (C=O) groups is 3. The molecule has 0 bridgehead atoms. The predicted molar refractivity (Wildman–Crippen MR) is 138 cm³/mol. The molecule has 2 aliphatic rings. The first-order valence-corrected chi connectivity index (χ1v) is 12.9. The number of carbonyl (C=O) groups excluding carboxylic acids is 3. The van der Waals surface area contributed by atoms with Gasteiger partial charge in [-0.1, -0.05) is 45.0 Å².